The third kappa shape index (κ3) is 3.00. The topological polar surface area (TPSA) is 85.8 Å². The Kier molecular flexibility index (Phi) is 3.90. The number of nitrogens with one attached hydrogen (secondary N) is 1. The van der Waals surface area contributed by atoms with Gasteiger partial charge in [-0.1, -0.05) is 18.7 Å². The summed E-state index contributed by atoms with van der Waals surface area (Å²) < 4.78 is 1.81. The molecular formula is C7H13N5OS. The molecular weight excluding hydrogens is 202 g/mol. The van der Waals surface area contributed by atoms with Gasteiger partial charge in [-0.3, -0.25) is 10.2 Å². The Morgan fingerprint density at radius 2 is 2.57 bits per heavy atom. The van der Waals surface area contributed by atoms with Crippen LogP contribution in [-0.2, 0) is 11.8 Å². The van der Waals surface area contributed by atoms with Crippen LogP contribution in [0.25, 0.3) is 0 Å². The minimum absolute atomic E-state index is 0.126. The molecule has 0 aliphatic heterocycles. The van der Waals surface area contributed by atoms with Crippen molar-refractivity contribution in [2.75, 3.05) is 0 Å². The molecule has 14 heavy (non-hydrogen) atoms. The molecule has 0 aliphatic carbocycles. The van der Waals surface area contributed by atoms with Gasteiger partial charge in [-0.15, -0.1) is 10.2 Å². The summed E-state index contributed by atoms with van der Waals surface area (Å²) in [5, 5.41) is 8.56. The van der Waals surface area contributed by atoms with Crippen LogP contribution in [0.4, 0.5) is 0 Å². The minimum Gasteiger partial charge on any atom is -0.312 e. The van der Waals surface area contributed by atoms with E-state index in [0.717, 1.165) is 5.16 Å². The molecule has 0 spiro atoms. The summed E-state index contributed by atoms with van der Waals surface area (Å²) in [6.45, 7) is 1.94. The predicted octanol–water partition coefficient (Wildman–Crippen LogP) is -0.324. The number of aryl methyl sites for hydroxylation is 1. The van der Waals surface area contributed by atoms with E-state index in [-0.39, 0.29) is 11.2 Å². The number of rotatable bonds is 4. The fourth-order valence-corrected chi connectivity index (χ4v) is 1.82. The smallest absolute Gasteiger partial charge is 0.234 e. The Balaban J connectivity index is 2.45. The van der Waals surface area contributed by atoms with Gasteiger partial charge in [-0.2, -0.15) is 0 Å². The molecule has 1 unspecified atom stereocenters. The van der Waals surface area contributed by atoms with Crippen molar-refractivity contribution in [3.8, 4) is 0 Å². The van der Waals surface area contributed by atoms with Gasteiger partial charge in [-0.25, -0.2) is 5.84 Å². The maximum Gasteiger partial charge on any atom is 0.234 e. The quantitative estimate of drug-likeness (QED) is 0.311. The molecule has 7 heteroatoms. The number of nitrogens with two attached hydrogens (primary N) is 1. The molecule has 0 aliphatic rings. The monoisotopic (exact) mass is 215 g/mol. The molecule has 1 aromatic rings. The highest BCUT2D eigenvalue weighted by atomic mass is 32.2. The first-order valence-electron chi connectivity index (χ1n) is 4.13. The molecule has 0 fully saturated rings. The number of thioether (sulfide) groups is 1. The summed E-state index contributed by atoms with van der Waals surface area (Å²) in [5.41, 5.74) is 2.09. The Morgan fingerprint density at radius 1 is 1.86 bits per heavy atom. The molecule has 3 N–H and O–H groups in total. The zero-order valence-corrected chi connectivity index (χ0v) is 8.91. The first kappa shape index (κ1) is 11.0. The molecule has 0 aromatic carbocycles. The van der Waals surface area contributed by atoms with Crippen LogP contribution < -0.4 is 11.3 Å². The average molecular weight is 215 g/mol. The van der Waals surface area contributed by atoms with Crippen molar-refractivity contribution >= 4 is 17.7 Å². The number of amides is 1. The Hall–Kier alpha value is -1.08. The molecule has 0 saturated carbocycles. The van der Waals surface area contributed by atoms with Crippen LogP contribution in [0.5, 0.6) is 0 Å². The Morgan fingerprint density at radius 3 is 3.07 bits per heavy atom. The lowest BCUT2D eigenvalue weighted by Crippen LogP contribution is -2.31. The van der Waals surface area contributed by atoms with Crippen LogP contribution in [0.15, 0.2) is 11.5 Å². The molecule has 0 bridgehead atoms. The van der Waals surface area contributed by atoms with Crippen molar-refractivity contribution in [2.45, 2.75) is 23.8 Å². The summed E-state index contributed by atoms with van der Waals surface area (Å²) in [7, 11) is 1.86. The number of hydrogen-bond acceptors (Lipinski definition) is 5. The fourth-order valence-electron chi connectivity index (χ4n) is 0.921. The molecule has 0 radical (unpaired) electrons. The normalized spacial score (nSPS) is 12.5. The van der Waals surface area contributed by atoms with Gasteiger partial charge >= 0.3 is 0 Å². The van der Waals surface area contributed by atoms with Gasteiger partial charge < -0.3 is 4.57 Å². The lowest BCUT2D eigenvalue weighted by Gasteiger charge is -2.08. The van der Waals surface area contributed by atoms with Crippen molar-refractivity contribution in [1.29, 1.82) is 0 Å². The molecule has 1 amide bonds. The van der Waals surface area contributed by atoms with Crippen molar-refractivity contribution in [3.05, 3.63) is 6.33 Å². The van der Waals surface area contributed by atoms with E-state index in [1.54, 1.807) is 6.33 Å². The van der Waals surface area contributed by atoms with E-state index < -0.39 is 0 Å². The highest BCUT2D eigenvalue weighted by Gasteiger charge is 2.12. The number of carbonyl (C=O) groups is 1. The molecule has 1 rings (SSSR count). The standard InChI is InChI=1S/C7H13N5OS/c1-5(3-6(13)10-8)14-7-11-9-4-12(7)2/h4-5H,3,8H2,1-2H3,(H,10,13). The van der Waals surface area contributed by atoms with Crippen molar-refractivity contribution < 1.29 is 4.79 Å². The highest BCUT2D eigenvalue weighted by Crippen LogP contribution is 2.21. The van der Waals surface area contributed by atoms with E-state index in [2.05, 4.69) is 15.6 Å². The largest absolute Gasteiger partial charge is 0.312 e. The van der Waals surface area contributed by atoms with E-state index in [0.29, 0.717) is 6.42 Å². The van der Waals surface area contributed by atoms with Gasteiger partial charge in [0.1, 0.15) is 6.33 Å². The van der Waals surface area contributed by atoms with Gasteiger partial charge in [0, 0.05) is 18.7 Å². The predicted molar refractivity (Wildman–Crippen MR) is 53.3 cm³/mol. The minimum atomic E-state index is -0.174. The van der Waals surface area contributed by atoms with Crippen LogP contribution in [0.2, 0.25) is 0 Å². The van der Waals surface area contributed by atoms with Gasteiger partial charge in [0.05, 0.1) is 0 Å². The lowest BCUT2D eigenvalue weighted by molar-refractivity contribution is -0.121. The number of aromatic nitrogens is 3. The second-order valence-electron chi connectivity index (χ2n) is 2.92. The molecule has 6 nitrogen and oxygen atoms in total. The molecule has 1 aromatic heterocycles. The molecule has 1 heterocycles. The maximum absolute atomic E-state index is 10.9. The summed E-state index contributed by atoms with van der Waals surface area (Å²) in [4.78, 5) is 10.9. The average Bonchev–Trinajstić information content (AvgIpc) is 2.51. The van der Waals surface area contributed by atoms with E-state index >= 15 is 0 Å². The van der Waals surface area contributed by atoms with Crippen LogP contribution in [0, 0.1) is 0 Å². The summed E-state index contributed by atoms with van der Waals surface area (Å²) >= 11 is 1.49. The van der Waals surface area contributed by atoms with E-state index in [4.69, 9.17) is 5.84 Å². The number of nitrogens with zero attached hydrogens (tertiary/aromatic N) is 3. The molecule has 0 saturated heterocycles. The third-order valence-corrected chi connectivity index (χ3v) is 2.76. The van der Waals surface area contributed by atoms with Gasteiger partial charge in [-0.05, 0) is 0 Å². The maximum atomic E-state index is 10.9. The summed E-state index contributed by atoms with van der Waals surface area (Å²) in [6.07, 6.45) is 1.99. The number of hydrazine groups is 1. The van der Waals surface area contributed by atoms with Crippen LogP contribution >= 0.6 is 11.8 Å². The van der Waals surface area contributed by atoms with Crippen LogP contribution in [0.1, 0.15) is 13.3 Å². The van der Waals surface area contributed by atoms with Crippen molar-refractivity contribution in [1.82, 2.24) is 20.2 Å². The third-order valence-electron chi connectivity index (χ3n) is 1.61. The highest BCUT2D eigenvalue weighted by molar-refractivity contribution is 7.99. The van der Waals surface area contributed by atoms with Gasteiger partial charge in [0.15, 0.2) is 5.16 Å². The van der Waals surface area contributed by atoms with Crippen molar-refractivity contribution in [3.63, 3.8) is 0 Å². The van der Waals surface area contributed by atoms with Gasteiger partial charge in [0.25, 0.3) is 0 Å². The first-order valence-corrected chi connectivity index (χ1v) is 5.01. The Bertz CT molecular complexity index is 313. The molecule has 1 atom stereocenters. The van der Waals surface area contributed by atoms with E-state index in [1.165, 1.54) is 11.8 Å². The van der Waals surface area contributed by atoms with Crippen LogP contribution in [0.3, 0.4) is 0 Å². The zero-order valence-electron chi connectivity index (χ0n) is 8.10. The number of carbonyl (C=O) groups excluding carboxylic acids is 1. The van der Waals surface area contributed by atoms with Crippen molar-refractivity contribution in [2.24, 2.45) is 12.9 Å². The molecule has 78 valence electrons. The summed E-state index contributed by atoms with van der Waals surface area (Å²) in [6, 6.07) is 0. The second-order valence-corrected chi connectivity index (χ2v) is 4.33. The Labute approximate surface area is 86.2 Å². The van der Waals surface area contributed by atoms with Crippen LogP contribution in [-0.4, -0.2) is 25.9 Å². The second kappa shape index (κ2) is 4.97. The van der Waals surface area contributed by atoms with Gasteiger partial charge in [0.2, 0.25) is 5.91 Å². The first-order chi connectivity index (χ1) is 6.63. The van der Waals surface area contributed by atoms with E-state index in [1.807, 2.05) is 18.5 Å². The lowest BCUT2D eigenvalue weighted by atomic mass is 10.3. The fraction of sp³-hybridized carbons (Fsp3) is 0.571. The summed E-state index contributed by atoms with van der Waals surface area (Å²) in [5.74, 6) is 4.81. The number of hydrogen-bond donors (Lipinski definition) is 2. The SMILES string of the molecule is CC(CC(=O)NN)Sc1nncn1C. The van der Waals surface area contributed by atoms with E-state index in [9.17, 15) is 4.79 Å². The zero-order chi connectivity index (χ0) is 10.6.